The summed E-state index contributed by atoms with van der Waals surface area (Å²) < 4.78 is 0. The maximum absolute atomic E-state index is 10.9. The molecule has 0 aromatic heterocycles. The first kappa shape index (κ1) is 19.5. The van der Waals surface area contributed by atoms with E-state index in [2.05, 4.69) is 0 Å². The van der Waals surface area contributed by atoms with Crippen LogP contribution in [0.2, 0.25) is 0 Å². The second-order valence-corrected chi connectivity index (χ2v) is 6.03. The maximum atomic E-state index is 10.9. The van der Waals surface area contributed by atoms with Crippen molar-refractivity contribution in [3.05, 3.63) is 89.5 Å². The number of anilines is 2. The highest BCUT2D eigenvalue weighted by Gasteiger charge is 2.06. The van der Waals surface area contributed by atoms with Gasteiger partial charge in [0.1, 0.15) is 11.6 Å². The van der Waals surface area contributed by atoms with Crippen LogP contribution in [-0.2, 0) is 4.79 Å². The number of aliphatic carboxylic acids is 1. The second-order valence-electron chi connectivity index (χ2n) is 6.03. The number of nitrogens with two attached hydrogens (primary N) is 1. The predicted octanol–water partition coefficient (Wildman–Crippen LogP) is 3.86. The molecule has 0 fully saturated rings. The molecule has 0 radical (unpaired) electrons. The number of carboxylic acid groups (broad SMARTS) is 1. The third-order valence-corrected chi connectivity index (χ3v) is 3.90. The number of carboxylic acids is 1. The molecule has 2 rings (SSSR count). The minimum absolute atomic E-state index is 0.316. The molecule has 0 aliphatic carbocycles. The van der Waals surface area contributed by atoms with Crippen LogP contribution in [-0.4, -0.2) is 25.2 Å². The normalized spacial score (nSPS) is 12.0. The van der Waals surface area contributed by atoms with Crippen LogP contribution in [0.3, 0.4) is 0 Å². The van der Waals surface area contributed by atoms with Crippen molar-refractivity contribution >= 4 is 22.9 Å². The first-order chi connectivity index (χ1) is 12.9. The number of nitrogen functional groups attached to an aromatic ring is 1. The number of hydrogen-bond acceptors (Lipinski definition) is 4. The molecule has 0 saturated heterocycles. The lowest BCUT2D eigenvalue weighted by Crippen LogP contribution is -2.08. The molecule has 3 N–H and O–H groups in total. The summed E-state index contributed by atoms with van der Waals surface area (Å²) in [5.74, 6) is -1.25. The van der Waals surface area contributed by atoms with Gasteiger partial charge in [0, 0.05) is 25.5 Å². The van der Waals surface area contributed by atoms with Crippen LogP contribution < -0.4 is 10.6 Å². The third kappa shape index (κ3) is 5.35. The molecule has 0 saturated carbocycles. The lowest BCUT2D eigenvalue weighted by molar-refractivity contribution is -0.132. The van der Waals surface area contributed by atoms with Gasteiger partial charge < -0.3 is 15.7 Å². The summed E-state index contributed by atoms with van der Waals surface area (Å²) in [5.41, 5.74) is 10.2. The highest BCUT2D eigenvalue weighted by molar-refractivity contribution is 5.91. The highest BCUT2D eigenvalue weighted by atomic mass is 16.4. The fourth-order valence-corrected chi connectivity index (χ4v) is 2.42. The Labute approximate surface area is 159 Å². The first-order valence-corrected chi connectivity index (χ1v) is 8.28. The number of nitriles is 1. The van der Waals surface area contributed by atoms with Gasteiger partial charge in [-0.3, -0.25) is 0 Å². The molecule has 27 heavy (non-hydrogen) atoms. The molecular formula is C22H21N3O2. The van der Waals surface area contributed by atoms with Crippen molar-refractivity contribution in [2.45, 2.75) is 0 Å². The Hall–Kier alpha value is -3.78. The number of nitrogens with zero attached hydrogens (tertiary/aromatic N) is 2. The van der Waals surface area contributed by atoms with Crippen molar-refractivity contribution in [1.82, 2.24) is 0 Å². The molecule has 0 heterocycles. The summed E-state index contributed by atoms with van der Waals surface area (Å²) >= 11 is 0. The van der Waals surface area contributed by atoms with Crippen LogP contribution in [0.4, 0.5) is 11.4 Å². The molecule has 0 aliphatic heterocycles. The fourth-order valence-electron chi connectivity index (χ4n) is 2.42. The molecule has 2 aromatic carbocycles. The van der Waals surface area contributed by atoms with Crippen LogP contribution in [0, 0.1) is 11.3 Å². The van der Waals surface area contributed by atoms with Crippen LogP contribution in [0.5, 0.6) is 0 Å². The molecular weight excluding hydrogens is 338 g/mol. The van der Waals surface area contributed by atoms with E-state index in [1.807, 2.05) is 73.6 Å². The lowest BCUT2D eigenvalue weighted by atomic mass is 9.97. The molecule has 0 aliphatic rings. The largest absolute Gasteiger partial charge is 0.477 e. The summed E-state index contributed by atoms with van der Waals surface area (Å²) in [6.07, 6.45) is 6.40. The van der Waals surface area contributed by atoms with Gasteiger partial charge in [-0.15, -0.1) is 0 Å². The van der Waals surface area contributed by atoms with E-state index in [4.69, 9.17) is 16.1 Å². The molecule has 2 aromatic rings. The van der Waals surface area contributed by atoms with Crippen LogP contribution in [0.25, 0.3) is 5.57 Å². The zero-order chi connectivity index (χ0) is 19.8. The van der Waals surface area contributed by atoms with E-state index in [9.17, 15) is 4.79 Å². The monoisotopic (exact) mass is 359 g/mol. The van der Waals surface area contributed by atoms with Crippen molar-refractivity contribution < 1.29 is 9.90 Å². The molecule has 0 bridgehead atoms. The lowest BCUT2D eigenvalue weighted by Gasteiger charge is -2.14. The smallest absolute Gasteiger partial charge is 0.346 e. The Kier molecular flexibility index (Phi) is 6.56. The predicted molar refractivity (Wildman–Crippen MR) is 109 cm³/mol. The first-order valence-electron chi connectivity index (χ1n) is 8.28. The summed E-state index contributed by atoms with van der Waals surface area (Å²) in [6.45, 7) is 0. The number of hydrogen-bond donors (Lipinski definition) is 2. The Morgan fingerprint density at radius 1 is 1.00 bits per heavy atom. The Balaban J connectivity index is 2.42. The van der Waals surface area contributed by atoms with Gasteiger partial charge in [-0.05, 0) is 47.0 Å². The average Bonchev–Trinajstić information content (AvgIpc) is 2.65. The van der Waals surface area contributed by atoms with Gasteiger partial charge in [0.25, 0.3) is 0 Å². The van der Waals surface area contributed by atoms with E-state index in [0.717, 1.165) is 22.4 Å². The van der Waals surface area contributed by atoms with Gasteiger partial charge in [0.15, 0.2) is 0 Å². The standard InChI is InChI=1S/C22H21N3O2/c1-25(2)20-13-9-17(10-14-20)21(16-7-11-19(24)12-8-16)6-4-3-5-18(15-23)22(26)27/h3-14H,24H2,1-2H3,(H,26,27)/b4-3+,18-5+,21-6-. The zero-order valence-electron chi connectivity index (χ0n) is 15.3. The average molecular weight is 359 g/mol. The van der Waals surface area contributed by atoms with Crippen LogP contribution in [0.15, 0.2) is 78.4 Å². The molecule has 0 spiro atoms. The summed E-state index contributed by atoms with van der Waals surface area (Å²) in [5, 5.41) is 17.7. The van der Waals surface area contributed by atoms with Crippen LogP contribution >= 0.6 is 0 Å². The molecule has 5 heteroatoms. The summed E-state index contributed by atoms with van der Waals surface area (Å²) in [7, 11) is 3.96. The Morgan fingerprint density at radius 2 is 1.52 bits per heavy atom. The van der Waals surface area contributed by atoms with Crippen molar-refractivity contribution in [3.8, 4) is 6.07 Å². The van der Waals surface area contributed by atoms with Gasteiger partial charge in [-0.1, -0.05) is 42.5 Å². The molecule has 136 valence electrons. The van der Waals surface area contributed by atoms with E-state index < -0.39 is 5.97 Å². The Bertz CT molecular complexity index is 929. The van der Waals surface area contributed by atoms with Crippen molar-refractivity contribution in [2.75, 3.05) is 24.7 Å². The van der Waals surface area contributed by atoms with Crippen molar-refractivity contribution in [3.63, 3.8) is 0 Å². The topological polar surface area (TPSA) is 90.3 Å². The minimum Gasteiger partial charge on any atom is -0.477 e. The zero-order valence-corrected chi connectivity index (χ0v) is 15.3. The summed E-state index contributed by atoms with van der Waals surface area (Å²) in [6, 6.07) is 17.3. The Morgan fingerprint density at radius 3 is 2.00 bits per heavy atom. The van der Waals surface area contributed by atoms with Crippen molar-refractivity contribution in [2.24, 2.45) is 0 Å². The van der Waals surface area contributed by atoms with Gasteiger partial charge in [0.2, 0.25) is 0 Å². The molecule has 5 nitrogen and oxygen atoms in total. The number of rotatable bonds is 6. The molecule has 0 amide bonds. The van der Waals surface area contributed by atoms with Gasteiger partial charge in [-0.25, -0.2) is 4.79 Å². The minimum atomic E-state index is -1.25. The quantitative estimate of drug-likeness (QED) is 0.354. The summed E-state index contributed by atoms with van der Waals surface area (Å²) in [4.78, 5) is 12.9. The highest BCUT2D eigenvalue weighted by Crippen LogP contribution is 2.26. The number of allylic oxidation sites excluding steroid dienone is 4. The third-order valence-electron chi connectivity index (χ3n) is 3.90. The molecule has 0 atom stereocenters. The maximum Gasteiger partial charge on any atom is 0.346 e. The van der Waals surface area contributed by atoms with E-state index in [0.29, 0.717) is 5.69 Å². The number of benzene rings is 2. The number of carbonyl (C=O) groups is 1. The van der Waals surface area contributed by atoms with Crippen LogP contribution in [0.1, 0.15) is 11.1 Å². The fraction of sp³-hybridized carbons (Fsp3) is 0.0909. The second kappa shape index (κ2) is 9.07. The van der Waals surface area contributed by atoms with E-state index in [1.54, 1.807) is 12.1 Å². The van der Waals surface area contributed by atoms with E-state index in [1.165, 1.54) is 12.2 Å². The van der Waals surface area contributed by atoms with Crippen molar-refractivity contribution in [1.29, 1.82) is 5.26 Å². The van der Waals surface area contributed by atoms with Gasteiger partial charge in [-0.2, -0.15) is 5.26 Å². The van der Waals surface area contributed by atoms with Gasteiger partial charge in [0.05, 0.1) is 0 Å². The van der Waals surface area contributed by atoms with Gasteiger partial charge >= 0.3 is 5.97 Å². The van der Waals surface area contributed by atoms with E-state index >= 15 is 0 Å². The SMILES string of the molecule is CN(C)c1ccc(\C(=C/C=C/C=C(\C#N)C(=O)O)c2ccc(N)cc2)cc1. The van der Waals surface area contributed by atoms with E-state index in [-0.39, 0.29) is 5.57 Å². The molecule has 0 unspecified atom stereocenters.